The van der Waals surface area contributed by atoms with Gasteiger partial charge in [0, 0.05) is 18.7 Å². The quantitative estimate of drug-likeness (QED) is 0.861. The van der Waals surface area contributed by atoms with Crippen LogP contribution in [0.25, 0.3) is 0 Å². The number of hydrogen-bond donors (Lipinski definition) is 2. The van der Waals surface area contributed by atoms with E-state index in [4.69, 9.17) is 10.2 Å². The fourth-order valence-corrected chi connectivity index (χ4v) is 1.38. The topological polar surface area (TPSA) is 81.1 Å². The summed E-state index contributed by atoms with van der Waals surface area (Å²) in [5.41, 5.74) is 5.83. The van der Waals surface area contributed by atoms with Crippen LogP contribution >= 0.6 is 0 Å². The van der Waals surface area contributed by atoms with E-state index in [9.17, 15) is 9.18 Å². The second kappa shape index (κ2) is 5.42. The maximum absolute atomic E-state index is 12.7. The minimum Gasteiger partial charge on any atom is -0.435 e. The number of carbonyl (C=O) groups excluding carboxylic acids is 1. The van der Waals surface area contributed by atoms with E-state index in [1.165, 1.54) is 30.5 Å². The lowest BCUT2D eigenvalue weighted by Crippen LogP contribution is -2.10. The Morgan fingerprint density at radius 2 is 2.11 bits per heavy atom. The van der Waals surface area contributed by atoms with E-state index in [1.807, 2.05) is 0 Å². The molecule has 2 rings (SSSR count). The number of hydrogen-bond acceptors (Lipinski definition) is 4. The molecule has 0 aliphatic rings. The van der Waals surface area contributed by atoms with Gasteiger partial charge in [0.25, 0.3) is 5.91 Å². The number of carbonyl (C=O) groups is 1. The predicted molar refractivity (Wildman–Crippen MR) is 63.6 cm³/mol. The van der Waals surface area contributed by atoms with E-state index < -0.39 is 5.91 Å². The molecule has 1 aromatic heterocycles. The summed E-state index contributed by atoms with van der Waals surface area (Å²) in [7, 11) is 0. The fraction of sp³-hybridized carbons (Fsp3) is 0.167. The van der Waals surface area contributed by atoms with Crippen LogP contribution in [0.2, 0.25) is 0 Å². The van der Waals surface area contributed by atoms with Crippen molar-refractivity contribution >= 4 is 11.6 Å². The van der Waals surface area contributed by atoms with Crippen molar-refractivity contribution in [3.8, 4) is 0 Å². The van der Waals surface area contributed by atoms with Gasteiger partial charge < -0.3 is 15.5 Å². The molecule has 18 heavy (non-hydrogen) atoms. The first kappa shape index (κ1) is 12.3. The summed E-state index contributed by atoms with van der Waals surface area (Å²) in [5, 5.41) is 2.57. The summed E-state index contributed by atoms with van der Waals surface area (Å²) < 4.78 is 17.9. The maximum atomic E-state index is 12.7. The summed E-state index contributed by atoms with van der Waals surface area (Å²) in [5.74, 6) is -0.278. The highest BCUT2D eigenvalue weighted by Crippen LogP contribution is 2.11. The lowest BCUT2D eigenvalue weighted by atomic mass is 10.3. The first-order chi connectivity index (χ1) is 8.69. The molecule has 1 heterocycles. The Morgan fingerprint density at radius 1 is 1.39 bits per heavy atom. The third-order valence-corrected chi connectivity index (χ3v) is 2.24. The molecule has 3 N–H and O–H groups in total. The number of nitrogens with zero attached hydrogens (tertiary/aromatic N) is 1. The molecule has 0 saturated carbocycles. The van der Waals surface area contributed by atoms with Gasteiger partial charge in [-0.15, -0.1) is 0 Å². The Labute approximate surface area is 103 Å². The number of benzene rings is 1. The molecule has 0 spiro atoms. The number of oxazole rings is 1. The van der Waals surface area contributed by atoms with Crippen LogP contribution in [0.4, 0.5) is 10.1 Å². The zero-order chi connectivity index (χ0) is 13.0. The molecule has 0 saturated heterocycles. The van der Waals surface area contributed by atoms with Gasteiger partial charge in [-0.3, -0.25) is 4.79 Å². The van der Waals surface area contributed by atoms with E-state index in [0.717, 1.165) is 0 Å². The number of aromatic nitrogens is 1. The molecule has 0 fully saturated rings. The minimum atomic E-state index is -0.433. The molecule has 6 heteroatoms. The highest BCUT2D eigenvalue weighted by Gasteiger charge is 2.12. The second-order valence-corrected chi connectivity index (χ2v) is 3.62. The molecule has 0 bridgehead atoms. The Balaban J connectivity index is 2.04. The molecule has 5 nitrogen and oxygen atoms in total. The van der Waals surface area contributed by atoms with Gasteiger partial charge in [-0.25, -0.2) is 9.37 Å². The average molecular weight is 249 g/mol. The SMILES string of the molecule is NCCc1ncc(C(=O)Nc2ccc(F)cc2)o1. The number of nitrogens with one attached hydrogen (secondary N) is 1. The van der Waals surface area contributed by atoms with Crippen LogP contribution in [0.5, 0.6) is 0 Å². The standard InChI is InChI=1S/C12H12FN3O2/c13-8-1-3-9(4-2-8)16-12(17)10-7-15-11(18-10)5-6-14/h1-4,7H,5-6,14H2,(H,16,17). The number of amides is 1. The Morgan fingerprint density at radius 3 is 2.78 bits per heavy atom. The van der Waals surface area contributed by atoms with Crippen LogP contribution in [0.3, 0.4) is 0 Å². The summed E-state index contributed by atoms with van der Waals surface area (Å²) in [6, 6.07) is 5.44. The van der Waals surface area contributed by atoms with Crippen LogP contribution in [-0.2, 0) is 6.42 Å². The Bertz CT molecular complexity index is 537. The van der Waals surface area contributed by atoms with Gasteiger partial charge in [-0.1, -0.05) is 0 Å². The third kappa shape index (κ3) is 2.92. The third-order valence-electron chi connectivity index (χ3n) is 2.24. The van der Waals surface area contributed by atoms with Gasteiger partial charge in [0.1, 0.15) is 5.82 Å². The molecule has 2 aromatic rings. The normalized spacial score (nSPS) is 10.3. The summed E-state index contributed by atoms with van der Waals surface area (Å²) in [4.78, 5) is 15.7. The van der Waals surface area contributed by atoms with Crippen molar-refractivity contribution < 1.29 is 13.6 Å². The zero-order valence-electron chi connectivity index (χ0n) is 9.52. The van der Waals surface area contributed by atoms with Crippen molar-refractivity contribution in [1.29, 1.82) is 0 Å². The first-order valence-electron chi connectivity index (χ1n) is 5.41. The van der Waals surface area contributed by atoms with Crippen molar-refractivity contribution in [2.75, 3.05) is 11.9 Å². The van der Waals surface area contributed by atoms with E-state index in [0.29, 0.717) is 24.5 Å². The molecule has 0 radical (unpaired) electrons. The van der Waals surface area contributed by atoms with Gasteiger partial charge in [0.15, 0.2) is 5.89 Å². The van der Waals surface area contributed by atoms with Crippen LogP contribution in [0.15, 0.2) is 34.9 Å². The van der Waals surface area contributed by atoms with Crippen molar-refractivity contribution in [3.63, 3.8) is 0 Å². The van der Waals surface area contributed by atoms with Gasteiger partial charge in [0.2, 0.25) is 5.76 Å². The predicted octanol–water partition coefficient (Wildman–Crippen LogP) is 1.57. The lowest BCUT2D eigenvalue weighted by Gasteiger charge is -2.01. The number of rotatable bonds is 4. The molecule has 0 atom stereocenters. The fourth-order valence-electron chi connectivity index (χ4n) is 1.38. The number of nitrogens with two attached hydrogens (primary N) is 1. The van der Waals surface area contributed by atoms with Gasteiger partial charge >= 0.3 is 0 Å². The van der Waals surface area contributed by atoms with E-state index in [2.05, 4.69) is 10.3 Å². The van der Waals surface area contributed by atoms with Crippen molar-refractivity contribution in [1.82, 2.24) is 4.98 Å². The summed E-state index contributed by atoms with van der Waals surface area (Å²) >= 11 is 0. The molecule has 0 aliphatic heterocycles. The summed E-state index contributed by atoms with van der Waals surface area (Å²) in [6.45, 7) is 0.402. The van der Waals surface area contributed by atoms with Gasteiger partial charge in [0.05, 0.1) is 6.20 Å². The van der Waals surface area contributed by atoms with Crippen LogP contribution in [0.1, 0.15) is 16.4 Å². The molecule has 1 amide bonds. The highest BCUT2D eigenvalue weighted by atomic mass is 19.1. The number of anilines is 1. The van der Waals surface area contributed by atoms with Crippen LogP contribution in [-0.4, -0.2) is 17.4 Å². The van der Waals surface area contributed by atoms with Crippen molar-refractivity contribution in [2.24, 2.45) is 5.73 Å². The Hall–Kier alpha value is -2.21. The zero-order valence-corrected chi connectivity index (χ0v) is 9.52. The van der Waals surface area contributed by atoms with Crippen molar-refractivity contribution in [2.45, 2.75) is 6.42 Å². The monoisotopic (exact) mass is 249 g/mol. The highest BCUT2D eigenvalue weighted by molar-refractivity contribution is 6.01. The molecular formula is C12H12FN3O2. The van der Waals surface area contributed by atoms with Crippen LogP contribution in [0, 0.1) is 5.82 Å². The molecule has 0 unspecified atom stereocenters. The number of halogens is 1. The molecule has 94 valence electrons. The van der Waals surface area contributed by atoms with Gasteiger partial charge in [-0.2, -0.15) is 0 Å². The second-order valence-electron chi connectivity index (χ2n) is 3.62. The van der Waals surface area contributed by atoms with E-state index >= 15 is 0 Å². The maximum Gasteiger partial charge on any atom is 0.293 e. The van der Waals surface area contributed by atoms with Crippen LogP contribution < -0.4 is 11.1 Å². The largest absolute Gasteiger partial charge is 0.435 e. The van der Waals surface area contributed by atoms with E-state index in [1.54, 1.807) is 0 Å². The van der Waals surface area contributed by atoms with E-state index in [-0.39, 0.29) is 11.6 Å². The first-order valence-corrected chi connectivity index (χ1v) is 5.41. The Kier molecular flexibility index (Phi) is 3.69. The molecule has 1 aromatic carbocycles. The van der Waals surface area contributed by atoms with Gasteiger partial charge in [-0.05, 0) is 24.3 Å². The minimum absolute atomic E-state index is 0.0998. The smallest absolute Gasteiger partial charge is 0.293 e. The average Bonchev–Trinajstić information content (AvgIpc) is 2.81. The molecular weight excluding hydrogens is 237 g/mol. The van der Waals surface area contributed by atoms with Crippen molar-refractivity contribution in [3.05, 3.63) is 47.9 Å². The summed E-state index contributed by atoms with van der Waals surface area (Å²) in [6.07, 6.45) is 1.81. The molecule has 0 aliphatic carbocycles. The lowest BCUT2D eigenvalue weighted by molar-refractivity contribution is 0.0995.